The fraction of sp³-hybridized carbons (Fsp3) is 0.593. The average molecular weight is 533 g/mol. The van der Waals surface area contributed by atoms with Crippen LogP contribution in [-0.4, -0.2) is 58.0 Å². The van der Waals surface area contributed by atoms with Crippen molar-refractivity contribution >= 4 is 28.6 Å². The molecular weight excluding hydrogens is 497 g/mol. The molecule has 3 heterocycles. The van der Waals surface area contributed by atoms with E-state index in [4.69, 9.17) is 4.74 Å². The van der Waals surface area contributed by atoms with Gasteiger partial charge in [-0.15, -0.1) is 5.10 Å². The molecule has 2 fully saturated rings. The third kappa shape index (κ3) is 5.67. The third-order valence-electron chi connectivity index (χ3n) is 7.56. The average Bonchev–Trinajstić information content (AvgIpc) is 3.58. The molecule has 0 bridgehead atoms. The summed E-state index contributed by atoms with van der Waals surface area (Å²) in [6.45, 7) is 6.29. The highest BCUT2D eigenvalue weighted by Gasteiger charge is 2.47. The van der Waals surface area contributed by atoms with Gasteiger partial charge in [-0.25, -0.2) is 9.50 Å². The molecule has 206 valence electrons. The zero-order chi connectivity index (χ0) is 27.1. The van der Waals surface area contributed by atoms with E-state index in [2.05, 4.69) is 26.0 Å². The molecular formula is C27H35F3N6O2. The molecule has 0 radical (unpaired) electrons. The first-order chi connectivity index (χ1) is 18.0. The number of amides is 1. The molecule has 5 rings (SSSR count). The summed E-state index contributed by atoms with van der Waals surface area (Å²) in [5, 5.41) is 13.6. The van der Waals surface area contributed by atoms with Gasteiger partial charge in [0.15, 0.2) is 5.65 Å². The molecule has 0 aromatic carbocycles. The first-order valence-corrected chi connectivity index (χ1v) is 13.3. The number of alkyl halides is 3. The predicted octanol–water partition coefficient (Wildman–Crippen LogP) is 4.95. The van der Waals surface area contributed by atoms with E-state index in [1.165, 1.54) is 0 Å². The number of allylic oxidation sites excluding steroid dienone is 3. The Morgan fingerprint density at radius 1 is 1.16 bits per heavy atom. The highest BCUT2D eigenvalue weighted by molar-refractivity contribution is 5.95. The van der Waals surface area contributed by atoms with E-state index in [1.807, 2.05) is 19.1 Å². The summed E-state index contributed by atoms with van der Waals surface area (Å²) in [6.07, 6.45) is 5.41. The van der Waals surface area contributed by atoms with Crippen LogP contribution in [0.2, 0.25) is 0 Å². The van der Waals surface area contributed by atoms with Crippen molar-refractivity contribution in [2.45, 2.75) is 70.6 Å². The van der Waals surface area contributed by atoms with E-state index < -0.39 is 11.7 Å². The van der Waals surface area contributed by atoms with Crippen LogP contribution in [0.3, 0.4) is 0 Å². The second-order valence-corrected chi connectivity index (χ2v) is 11.2. The van der Waals surface area contributed by atoms with E-state index in [1.54, 1.807) is 16.8 Å². The van der Waals surface area contributed by atoms with Crippen molar-refractivity contribution in [1.29, 1.82) is 0 Å². The standard InChI is InChI=1S/C27H35F3N6O2/c1-16-12-18(25(37)33-19-5-6-19)4-7-20(16)22-15-32-24-21(31-14-17-8-10-38-11-9-17)13-23(35-36(22)24)34-26(2,3)27(28,29)30/h4,7,13,15-17,19,31H,5-6,8-12,14H2,1-3H3,(H,33,37)(H,34,35). The number of hydrogen-bond donors (Lipinski definition) is 3. The summed E-state index contributed by atoms with van der Waals surface area (Å²) in [5.41, 5.74) is 1.31. The maximum atomic E-state index is 13.7. The van der Waals surface area contributed by atoms with Gasteiger partial charge in [0, 0.05) is 37.4 Å². The molecule has 1 amide bonds. The molecule has 11 heteroatoms. The van der Waals surface area contributed by atoms with Crippen LogP contribution in [0.5, 0.6) is 0 Å². The van der Waals surface area contributed by atoms with Gasteiger partial charge in [-0.1, -0.05) is 19.1 Å². The second-order valence-electron chi connectivity index (χ2n) is 11.2. The zero-order valence-corrected chi connectivity index (χ0v) is 22.0. The summed E-state index contributed by atoms with van der Waals surface area (Å²) in [4.78, 5) is 17.2. The summed E-state index contributed by atoms with van der Waals surface area (Å²) in [7, 11) is 0. The summed E-state index contributed by atoms with van der Waals surface area (Å²) >= 11 is 0. The van der Waals surface area contributed by atoms with Gasteiger partial charge in [-0.2, -0.15) is 13.2 Å². The molecule has 1 saturated heterocycles. The highest BCUT2D eigenvalue weighted by atomic mass is 19.4. The van der Waals surface area contributed by atoms with E-state index in [9.17, 15) is 18.0 Å². The van der Waals surface area contributed by atoms with Gasteiger partial charge < -0.3 is 20.7 Å². The van der Waals surface area contributed by atoms with Crippen molar-refractivity contribution in [2.24, 2.45) is 11.8 Å². The number of fused-ring (bicyclic) bond motifs is 1. The topological polar surface area (TPSA) is 92.6 Å². The quantitative estimate of drug-likeness (QED) is 0.446. The van der Waals surface area contributed by atoms with Gasteiger partial charge in [0.1, 0.15) is 11.4 Å². The summed E-state index contributed by atoms with van der Waals surface area (Å²) < 4.78 is 48.1. The molecule has 0 spiro atoms. The maximum absolute atomic E-state index is 13.7. The Morgan fingerprint density at radius 3 is 2.55 bits per heavy atom. The molecule has 3 N–H and O–H groups in total. The zero-order valence-electron chi connectivity index (χ0n) is 22.0. The van der Waals surface area contributed by atoms with Crippen molar-refractivity contribution in [1.82, 2.24) is 19.9 Å². The van der Waals surface area contributed by atoms with Gasteiger partial charge in [0.2, 0.25) is 5.91 Å². The summed E-state index contributed by atoms with van der Waals surface area (Å²) in [6, 6.07) is 1.88. The molecule has 2 aliphatic carbocycles. The molecule has 38 heavy (non-hydrogen) atoms. The summed E-state index contributed by atoms with van der Waals surface area (Å²) in [5.74, 6) is 0.466. The number of aromatic nitrogens is 3. The van der Waals surface area contributed by atoms with E-state index in [0.717, 1.165) is 50.7 Å². The van der Waals surface area contributed by atoms with E-state index in [0.29, 0.717) is 49.1 Å². The number of nitrogens with zero attached hydrogens (tertiary/aromatic N) is 3. The fourth-order valence-electron chi connectivity index (χ4n) is 4.83. The van der Waals surface area contributed by atoms with Crippen molar-refractivity contribution in [3.63, 3.8) is 0 Å². The van der Waals surface area contributed by atoms with Crippen LogP contribution in [0.25, 0.3) is 11.2 Å². The number of halogens is 3. The van der Waals surface area contributed by atoms with E-state index >= 15 is 0 Å². The molecule has 2 aromatic rings. The monoisotopic (exact) mass is 532 g/mol. The lowest BCUT2D eigenvalue weighted by Crippen LogP contribution is -2.46. The first kappa shape index (κ1) is 26.5. The Labute approximate surface area is 220 Å². The SMILES string of the molecule is CC1CC(C(=O)NC2CC2)=CC=C1c1cnc2c(NCC3CCOCC3)cc(NC(C)(C)C(F)(F)F)nn12. The number of imidazole rings is 1. The Morgan fingerprint density at radius 2 is 1.89 bits per heavy atom. The number of ether oxygens (including phenoxy) is 1. The van der Waals surface area contributed by atoms with Crippen LogP contribution in [0.15, 0.2) is 30.0 Å². The van der Waals surface area contributed by atoms with Gasteiger partial charge >= 0.3 is 6.18 Å². The molecule has 2 aromatic heterocycles. The van der Waals surface area contributed by atoms with Crippen molar-refractivity contribution < 1.29 is 22.7 Å². The molecule has 1 aliphatic heterocycles. The Bertz CT molecular complexity index is 1260. The second kappa shape index (κ2) is 10.2. The predicted molar refractivity (Wildman–Crippen MR) is 140 cm³/mol. The van der Waals surface area contributed by atoms with Gasteiger partial charge in [0.25, 0.3) is 0 Å². The Kier molecular flexibility index (Phi) is 7.15. The van der Waals surface area contributed by atoms with Crippen molar-refractivity contribution in [3.05, 3.63) is 35.7 Å². The maximum Gasteiger partial charge on any atom is 0.410 e. The Hall–Kier alpha value is -3.08. The minimum atomic E-state index is -4.47. The highest BCUT2D eigenvalue weighted by Crippen LogP contribution is 2.36. The molecule has 1 saturated carbocycles. The van der Waals surface area contributed by atoms with Crippen molar-refractivity contribution in [3.8, 4) is 0 Å². The number of nitrogens with one attached hydrogen (secondary N) is 3. The van der Waals surface area contributed by atoms with Gasteiger partial charge in [-0.3, -0.25) is 4.79 Å². The lowest BCUT2D eigenvalue weighted by atomic mass is 9.86. The minimum Gasteiger partial charge on any atom is -0.382 e. The van der Waals surface area contributed by atoms with Crippen LogP contribution in [0.4, 0.5) is 24.7 Å². The largest absolute Gasteiger partial charge is 0.410 e. The third-order valence-corrected chi connectivity index (χ3v) is 7.56. The smallest absolute Gasteiger partial charge is 0.382 e. The number of rotatable bonds is 8. The van der Waals surface area contributed by atoms with Crippen LogP contribution in [-0.2, 0) is 9.53 Å². The lowest BCUT2D eigenvalue weighted by molar-refractivity contribution is -0.168. The first-order valence-electron chi connectivity index (χ1n) is 13.3. The van der Waals surface area contributed by atoms with Crippen molar-refractivity contribution in [2.75, 3.05) is 30.4 Å². The Balaban J connectivity index is 1.49. The number of anilines is 2. The number of hydrogen-bond acceptors (Lipinski definition) is 6. The fourth-order valence-corrected chi connectivity index (χ4v) is 4.83. The lowest BCUT2D eigenvalue weighted by Gasteiger charge is -2.29. The normalized spacial score (nSPS) is 21.2. The van der Waals surface area contributed by atoms with E-state index in [-0.39, 0.29) is 23.7 Å². The molecule has 3 aliphatic rings. The van der Waals surface area contributed by atoms with Crippen LogP contribution < -0.4 is 16.0 Å². The van der Waals surface area contributed by atoms with Crippen LogP contribution >= 0.6 is 0 Å². The minimum absolute atomic E-state index is 0.00327. The van der Waals surface area contributed by atoms with Crippen LogP contribution in [0.1, 0.15) is 58.6 Å². The van der Waals surface area contributed by atoms with Crippen LogP contribution in [0, 0.1) is 11.8 Å². The molecule has 1 unspecified atom stereocenters. The molecule has 8 nitrogen and oxygen atoms in total. The van der Waals surface area contributed by atoms with Gasteiger partial charge in [-0.05, 0) is 63.4 Å². The number of carbonyl (C=O) groups is 1. The van der Waals surface area contributed by atoms with Gasteiger partial charge in [0.05, 0.1) is 17.6 Å². The molecule has 1 atom stereocenters. The number of carbonyl (C=O) groups excluding carboxylic acids is 1.